The van der Waals surface area contributed by atoms with E-state index in [1.165, 1.54) is 39.5 Å². The number of aromatic carboxylic acids is 1. The van der Waals surface area contributed by atoms with E-state index in [0.29, 0.717) is 0 Å². The Labute approximate surface area is 387 Å². The molecule has 1 aliphatic rings. The number of nitrogens with zero attached hydrogens (tertiary/aromatic N) is 2. The molecule has 5 rings (SSSR count). The number of aromatic nitrogens is 2. The highest BCUT2D eigenvalue weighted by molar-refractivity contribution is 6.35. The molecule has 0 saturated carbocycles. The molecule has 1 fully saturated rings. The van der Waals surface area contributed by atoms with Gasteiger partial charge in [-0.2, -0.15) is 0 Å². The number of ketones is 1. The van der Waals surface area contributed by atoms with Gasteiger partial charge in [-0.1, -0.05) is 81.2 Å². The van der Waals surface area contributed by atoms with Crippen molar-refractivity contribution in [3.05, 3.63) is 93.4 Å². The number of esters is 4. The molecule has 354 valence electrons. The van der Waals surface area contributed by atoms with Gasteiger partial charge < -0.3 is 44.0 Å². The van der Waals surface area contributed by atoms with Crippen molar-refractivity contribution in [1.82, 2.24) is 9.97 Å². The van der Waals surface area contributed by atoms with Gasteiger partial charge >= 0.3 is 29.8 Å². The van der Waals surface area contributed by atoms with Gasteiger partial charge in [-0.15, -0.1) is 0 Å². The molecule has 0 spiro atoms. The number of cyclic esters (lactones) is 2. The summed E-state index contributed by atoms with van der Waals surface area (Å²) < 4.78 is 66.2. The number of Topliss-reactive ketones (excluding diaryl/α,β-unsaturated/α-hetero) is 1. The van der Waals surface area contributed by atoms with Crippen LogP contribution in [0, 0.1) is 35.3 Å². The molecule has 21 heteroatoms. The Hall–Kier alpha value is -6.60. The Morgan fingerprint density at radius 1 is 0.894 bits per heavy atom. The molecule has 3 N–H and O–H groups in total. The van der Waals surface area contributed by atoms with Crippen molar-refractivity contribution in [2.75, 3.05) is 33.4 Å². The van der Waals surface area contributed by atoms with E-state index in [1.807, 2.05) is 30.3 Å². The third-order valence-electron chi connectivity index (χ3n) is 9.73. The number of methoxy groups -OCH3 is 2. The van der Waals surface area contributed by atoms with Gasteiger partial charge in [-0.05, 0) is 31.0 Å². The molecule has 4 aromatic rings. The summed E-state index contributed by atoms with van der Waals surface area (Å²) in [5.74, 6) is -10.2. The van der Waals surface area contributed by atoms with Gasteiger partial charge in [0.1, 0.15) is 24.3 Å². The van der Waals surface area contributed by atoms with Crippen LogP contribution >= 0.6 is 23.2 Å². The number of benzene rings is 2. The molecule has 2 aromatic carbocycles. The van der Waals surface area contributed by atoms with Gasteiger partial charge in [0.2, 0.25) is 6.79 Å². The van der Waals surface area contributed by atoms with Crippen LogP contribution in [0.4, 0.5) is 14.5 Å². The molecule has 0 amide bonds. The van der Waals surface area contributed by atoms with Gasteiger partial charge in [0.05, 0.1) is 47.7 Å². The number of nitrogen functional groups attached to an aromatic ring is 1. The first kappa shape index (κ1) is 52.0. The Balaban J connectivity index is 0.000000361. The van der Waals surface area contributed by atoms with Gasteiger partial charge in [-0.25, -0.2) is 23.5 Å². The van der Waals surface area contributed by atoms with Crippen molar-refractivity contribution in [1.29, 1.82) is 0 Å². The lowest BCUT2D eigenvalue weighted by molar-refractivity contribution is -0.177. The van der Waals surface area contributed by atoms with Crippen LogP contribution in [-0.4, -0.2) is 90.5 Å². The maximum Gasteiger partial charge on any atom is 0.356 e. The smallest absolute Gasteiger partial charge is 0.356 e. The van der Waals surface area contributed by atoms with E-state index in [-0.39, 0.29) is 39.9 Å². The topological polar surface area (TPSA) is 239 Å². The second-order valence-electron chi connectivity index (χ2n) is 15.1. The van der Waals surface area contributed by atoms with Crippen molar-refractivity contribution in [2.24, 2.45) is 23.7 Å². The molecule has 17 nitrogen and oxygen atoms in total. The Morgan fingerprint density at radius 2 is 1.56 bits per heavy atom. The first-order chi connectivity index (χ1) is 31.2. The SMILES string of the molecule is COc1c(Cl)ccc(-c2nc(C(=O)O)c(Cl)c(N)c2F)c1F.COc1ccnc(C(=O)CC2COC(=O)[C@H](Cc3ccccc3)[C@@H](OC(=O)C(C)C)[C@H](C)OC2=O)c1OCOC(=O)C(C)C. The predicted octanol–water partition coefficient (Wildman–Crippen LogP) is 7.35. The predicted molar refractivity (Wildman–Crippen MR) is 232 cm³/mol. The number of anilines is 1. The molecule has 1 aliphatic heterocycles. The number of carbonyl (C=O) groups excluding carboxylic acids is 5. The minimum Gasteiger partial charge on any atom is -0.493 e. The van der Waals surface area contributed by atoms with Crippen molar-refractivity contribution in [3.63, 3.8) is 0 Å². The van der Waals surface area contributed by atoms with E-state index < -0.39 is 125 Å². The van der Waals surface area contributed by atoms with Crippen LogP contribution < -0.4 is 19.9 Å². The van der Waals surface area contributed by atoms with Crippen LogP contribution in [0.15, 0.2) is 54.7 Å². The van der Waals surface area contributed by atoms with Crippen LogP contribution in [0.3, 0.4) is 0 Å². The lowest BCUT2D eigenvalue weighted by Crippen LogP contribution is -2.43. The van der Waals surface area contributed by atoms with Gasteiger partial charge in [0.25, 0.3) is 0 Å². The lowest BCUT2D eigenvalue weighted by Gasteiger charge is -2.29. The molecule has 0 aliphatic carbocycles. The van der Waals surface area contributed by atoms with E-state index in [9.17, 15) is 37.5 Å². The maximum absolute atomic E-state index is 14.3. The zero-order valence-electron chi connectivity index (χ0n) is 36.7. The van der Waals surface area contributed by atoms with Crippen molar-refractivity contribution in [3.8, 4) is 28.5 Å². The van der Waals surface area contributed by atoms with Crippen LogP contribution in [-0.2, 0) is 44.5 Å². The first-order valence-electron chi connectivity index (χ1n) is 20.1. The lowest BCUT2D eigenvalue weighted by atomic mass is 9.91. The molecule has 2 aromatic heterocycles. The molecule has 1 unspecified atom stereocenters. The second kappa shape index (κ2) is 23.5. The fourth-order valence-electron chi connectivity index (χ4n) is 6.17. The largest absolute Gasteiger partial charge is 0.493 e. The average molecular weight is 963 g/mol. The highest BCUT2D eigenvalue weighted by atomic mass is 35.5. The number of nitrogens with two attached hydrogens (primary N) is 1. The number of pyridine rings is 2. The molecule has 1 saturated heterocycles. The molecular formula is C45H47Cl2F2N3O14. The standard InChI is InChI=1S/C32H39NO11.C13H8Cl2F2N2O3/c1-18(2)29(35)42-17-41-28-25(39-6)12-13-33-26(28)24(34)15-22-16-40-32(38)23(14-21-10-8-7-9-11-21)27(20(5)43-31(22)37)44-30(36)19(3)4;1-22-12-5(14)3-2-4(7(12)16)10-8(17)9(18)6(15)11(19-10)13(20)21/h7-13,18-20,22-23,27H,14-17H2,1-6H3;2-3H,1H3,(H2,18,19)(H,20,21)/t20-,22?,23+,27-;/m0./s1. The van der Waals surface area contributed by atoms with E-state index in [0.717, 1.165) is 11.6 Å². The third-order valence-corrected chi connectivity index (χ3v) is 10.4. The fourth-order valence-corrected chi connectivity index (χ4v) is 6.60. The van der Waals surface area contributed by atoms with Crippen LogP contribution in [0.25, 0.3) is 11.3 Å². The number of carboxylic acid groups (broad SMARTS) is 1. The second-order valence-corrected chi connectivity index (χ2v) is 15.9. The van der Waals surface area contributed by atoms with Crippen LogP contribution in [0.5, 0.6) is 17.2 Å². The van der Waals surface area contributed by atoms with Crippen LogP contribution in [0.2, 0.25) is 10.0 Å². The van der Waals surface area contributed by atoms with Gasteiger partial charge in [0.15, 0.2) is 52.2 Å². The van der Waals surface area contributed by atoms with E-state index in [1.54, 1.807) is 27.7 Å². The minimum absolute atomic E-state index is 0.0375. The molecule has 0 bridgehead atoms. The number of halogens is 4. The minimum atomic E-state index is -1.53. The summed E-state index contributed by atoms with van der Waals surface area (Å²) in [6.07, 6.45) is -1.14. The van der Waals surface area contributed by atoms with E-state index in [2.05, 4.69) is 9.97 Å². The molecule has 0 radical (unpaired) electrons. The number of ether oxygens (including phenoxy) is 7. The zero-order chi connectivity index (χ0) is 49.0. The molecule has 3 heterocycles. The summed E-state index contributed by atoms with van der Waals surface area (Å²) >= 11 is 11.4. The van der Waals surface area contributed by atoms with Gasteiger partial charge in [-0.3, -0.25) is 24.0 Å². The first-order valence-corrected chi connectivity index (χ1v) is 20.8. The summed E-state index contributed by atoms with van der Waals surface area (Å²) in [5, 5.41) is 8.40. The average Bonchev–Trinajstić information content (AvgIpc) is 3.31. The van der Waals surface area contributed by atoms with E-state index in [4.69, 9.17) is 67.2 Å². The third kappa shape index (κ3) is 12.8. The number of rotatable bonds is 15. The monoisotopic (exact) mass is 961 g/mol. The van der Waals surface area contributed by atoms with Crippen molar-refractivity contribution < 1.29 is 75.8 Å². The quantitative estimate of drug-likeness (QED) is 0.0512. The number of carbonyl (C=O) groups is 6. The number of hydrogen-bond donors (Lipinski definition) is 2. The number of carboxylic acids is 1. The van der Waals surface area contributed by atoms with Crippen LogP contribution in [0.1, 0.15) is 67.6 Å². The summed E-state index contributed by atoms with van der Waals surface area (Å²) in [7, 11) is 2.54. The Bertz CT molecular complexity index is 2440. The van der Waals surface area contributed by atoms with Gasteiger partial charge in [0, 0.05) is 24.2 Å². The Kier molecular flexibility index (Phi) is 18.6. The highest BCUT2D eigenvalue weighted by Gasteiger charge is 2.42. The van der Waals surface area contributed by atoms with Crippen molar-refractivity contribution >= 4 is 64.5 Å². The fraction of sp³-hybridized carbons (Fsp3) is 0.378. The van der Waals surface area contributed by atoms with E-state index >= 15 is 0 Å². The summed E-state index contributed by atoms with van der Waals surface area (Å²) in [5.41, 5.74) is 3.74. The zero-order valence-corrected chi connectivity index (χ0v) is 38.2. The highest BCUT2D eigenvalue weighted by Crippen LogP contribution is 2.38. The summed E-state index contributed by atoms with van der Waals surface area (Å²) in [4.78, 5) is 83.4. The molecule has 4 atom stereocenters. The normalized spacial score (nSPS) is 17.2. The van der Waals surface area contributed by atoms with Crippen molar-refractivity contribution in [2.45, 2.75) is 59.7 Å². The summed E-state index contributed by atoms with van der Waals surface area (Å²) in [6.45, 7) is 7.19. The Morgan fingerprint density at radius 3 is 2.17 bits per heavy atom. The maximum atomic E-state index is 14.3. The molecule has 66 heavy (non-hydrogen) atoms. The summed E-state index contributed by atoms with van der Waals surface area (Å²) in [6, 6.07) is 13.0. The molecular weight excluding hydrogens is 915 g/mol. The number of hydrogen-bond acceptors (Lipinski definition) is 16.